The number of fused-ring (bicyclic) bond motifs is 3. The third-order valence-corrected chi connectivity index (χ3v) is 4.99. The zero-order valence-electron chi connectivity index (χ0n) is 12.1. The molecular formula is C16H27N. The molecule has 1 heteroatoms. The highest BCUT2D eigenvalue weighted by Crippen LogP contribution is 2.45. The van der Waals surface area contributed by atoms with E-state index in [1.54, 1.807) is 5.57 Å². The van der Waals surface area contributed by atoms with E-state index >= 15 is 0 Å². The second kappa shape index (κ2) is 4.19. The number of hydrogen-bond donors (Lipinski definition) is 1. The zero-order valence-corrected chi connectivity index (χ0v) is 12.1. The molecule has 0 fully saturated rings. The minimum atomic E-state index is 0.362. The molecule has 2 heterocycles. The van der Waals surface area contributed by atoms with Crippen LogP contribution in [0.1, 0.15) is 53.9 Å². The van der Waals surface area contributed by atoms with Crippen LogP contribution in [0.5, 0.6) is 0 Å². The van der Waals surface area contributed by atoms with Crippen LogP contribution in [0.15, 0.2) is 23.4 Å². The molecule has 2 bridgehead atoms. The second-order valence-electron chi connectivity index (χ2n) is 7.34. The Morgan fingerprint density at radius 3 is 2.59 bits per heavy atom. The van der Waals surface area contributed by atoms with E-state index in [-0.39, 0.29) is 0 Å². The maximum Gasteiger partial charge on any atom is 0.0299 e. The smallest absolute Gasteiger partial charge is 0.0299 e. The van der Waals surface area contributed by atoms with Crippen LogP contribution >= 0.6 is 0 Å². The SMILES string of the molecule is CC(C)(C)C(C)(C)CC1=CC2=CCC1CCN2. The monoisotopic (exact) mass is 233 g/mol. The van der Waals surface area contributed by atoms with Crippen LogP contribution in [0.25, 0.3) is 0 Å². The van der Waals surface area contributed by atoms with Gasteiger partial charge in [-0.2, -0.15) is 0 Å². The van der Waals surface area contributed by atoms with Crippen molar-refractivity contribution >= 4 is 0 Å². The van der Waals surface area contributed by atoms with Gasteiger partial charge in [-0.1, -0.05) is 46.3 Å². The topological polar surface area (TPSA) is 12.0 Å². The predicted octanol–water partition coefficient (Wildman–Crippen LogP) is 4.27. The lowest BCUT2D eigenvalue weighted by atomic mass is 9.64. The molecule has 0 aromatic rings. The van der Waals surface area contributed by atoms with E-state index in [9.17, 15) is 0 Å². The third kappa shape index (κ3) is 2.59. The first kappa shape index (κ1) is 12.7. The molecule has 1 atom stereocenters. The Morgan fingerprint density at radius 2 is 1.94 bits per heavy atom. The van der Waals surface area contributed by atoms with Gasteiger partial charge in [0.25, 0.3) is 0 Å². The largest absolute Gasteiger partial charge is 0.385 e. The molecule has 1 unspecified atom stereocenters. The number of allylic oxidation sites excluding steroid dienone is 3. The fourth-order valence-corrected chi connectivity index (χ4v) is 2.59. The summed E-state index contributed by atoms with van der Waals surface area (Å²) >= 11 is 0. The van der Waals surface area contributed by atoms with Gasteiger partial charge in [0, 0.05) is 12.2 Å². The van der Waals surface area contributed by atoms with Crippen molar-refractivity contribution in [3.05, 3.63) is 23.4 Å². The highest BCUT2D eigenvalue weighted by molar-refractivity contribution is 5.31. The molecule has 0 saturated carbocycles. The van der Waals surface area contributed by atoms with E-state index in [4.69, 9.17) is 0 Å². The first-order chi connectivity index (χ1) is 7.79. The fourth-order valence-electron chi connectivity index (χ4n) is 2.59. The maximum absolute atomic E-state index is 3.51. The summed E-state index contributed by atoms with van der Waals surface area (Å²) in [5.74, 6) is 0.787. The number of nitrogens with one attached hydrogen (secondary N) is 1. The average molecular weight is 233 g/mol. The molecule has 1 nitrogen and oxygen atoms in total. The quantitative estimate of drug-likeness (QED) is 0.751. The van der Waals surface area contributed by atoms with Gasteiger partial charge >= 0.3 is 0 Å². The lowest BCUT2D eigenvalue weighted by Gasteiger charge is -2.41. The van der Waals surface area contributed by atoms with E-state index in [0.29, 0.717) is 10.8 Å². The molecule has 1 aliphatic carbocycles. The molecule has 2 aliphatic heterocycles. The van der Waals surface area contributed by atoms with Crippen LogP contribution < -0.4 is 5.32 Å². The highest BCUT2D eigenvalue weighted by atomic mass is 14.9. The Morgan fingerprint density at radius 1 is 1.24 bits per heavy atom. The van der Waals surface area contributed by atoms with Crippen molar-refractivity contribution in [1.29, 1.82) is 0 Å². The number of hydrogen-bond acceptors (Lipinski definition) is 1. The van der Waals surface area contributed by atoms with Crippen LogP contribution in [0.3, 0.4) is 0 Å². The van der Waals surface area contributed by atoms with Crippen molar-refractivity contribution < 1.29 is 0 Å². The molecule has 96 valence electrons. The van der Waals surface area contributed by atoms with Gasteiger partial charge in [-0.05, 0) is 42.1 Å². The molecule has 3 rings (SSSR count). The van der Waals surface area contributed by atoms with Crippen molar-refractivity contribution in [2.45, 2.75) is 53.9 Å². The summed E-state index contributed by atoms with van der Waals surface area (Å²) in [4.78, 5) is 0. The molecule has 0 amide bonds. The van der Waals surface area contributed by atoms with E-state index < -0.39 is 0 Å². The van der Waals surface area contributed by atoms with E-state index in [0.717, 1.165) is 12.5 Å². The van der Waals surface area contributed by atoms with Crippen LogP contribution in [0.4, 0.5) is 0 Å². The van der Waals surface area contributed by atoms with Gasteiger partial charge in [-0.3, -0.25) is 0 Å². The molecular weight excluding hydrogens is 206 g/mol. The van der Waals surface area contributed by atoms with Crippen LogP contribution in [0.2, 0.25) is 0 Å². The lowest BCUT2D eigenvalue weighted by Crippen LogP contribution is -2.31. The average Bonchev–Trinajstić information content (AvgIpc) is 2.49. The van der Waals surface area contributed by atoms with E-state index in [1.807, 2.05) is 0 Å². The van der Waals surface area contributed by atoms with Crippen molar-refractivity contribution in [2.24, 2.45) is 16.7 Å². The summed E-state index contributed by atoms with van der Waals surface area (Å²) in [6.07, 6.45) is 8.56. The minimum absolute atomic E-state index is 0.362. The molecule has 17 heavy (non-hydrogen) atoms. The summed E-state index contributed by atoms with van der Waals surface area (Å²) < 4.78 is 0. The van der Waals surface area contributed by atoms with Crippen molar-refractivity contribution in [3.8, 4) is 0 Å². The normalized spacial score (nSPS) is 24.9. The van der Waals surface area contributed by atoms with Gasteiger partial charge < -0.3 is 5.32 Å². The van der Waals surface area contributed by atoms with Gasteiger partial charge in [0.1, 0.15) is 0 Å². The molecule has 0 saturated heterocycles. The Hall–Kier alpha value is -0.720. The Labute approximate surface area is 106 Å². The molecule has 0 aromatic carbocycles. The van der Waals surface area contributed by atoms with Gasteiger partial charge in [-0.15, -0.1) is 0 Å². The first-order valence-electron chi connectivity index (χ1n) is 6.94. The third-order valence-electron chi connectivity index (χ3n) is 4.99. The minimum Gasteiger partial charge on any atom is -0.385 e. The molecule has 0 spiro atoms. The fraction of sp³-hybridized carbons (Fsp3) is 0.750. The summed E-state index contributed by atoms with van der Waals surface area (Å²) in [5.41, 5.74) is 3.76. The van der Waals surface area contributed by atoms with Crippen molar-refractivity contribution in [1.82, 2.24) is 5.32 Å². The van der Waals surface area contributed by atoms with E-state index in [2.05, 4.69) is 52.1 Å². The van der Waals surface area contributed by atoms with Crippen LogP contribution in [-0.2, 0) is 0 Å². The molecule has 3 aliphatic rings. The summed E-state index contributed by atoms with van der Waals surface area (Å²) in [7, 11) is 0. The highest BCUT2D eigenvalue weighted by Gasteiger charge is 2.35. The Kier molecular flexibility index (Phi) is 3.14. The molecule has 0 radical (unpaired) electrons. The summed E-state index contributed by atoms with van der Waals surface area (Å²) in [5, 5.41) is 3.51. The summed E-state index contributed by atoms with van der Waals surface area (Å²) in [6.45, 7) is 13.1. The second-order valence-corrected chi connectivity index (χ2v) is 7.34. The van der Waals surface area contributed by atoms with Gasteiger partial charge in [0.05, 0.1) is 0 Å². The standard InChI is InChI=1S/C16H27N/c1-15(2,3)16(4,5)11-13-10-14-7-6-12(13)8-9-17-14/h7,10,12,17H,6,8-9,11H2,1-5H3. The first-order valence-corrected chi connectivity index (χ1v) is 6.94. The lowest BCUT2D eigenvalue weighted by molar-refractivity contribution is 0.128. The zero-order chi connectivity index (χ0) is 12.7. The molecule has 0 aromatic heterocycles. The van der Waals surface area contributed by atoms with Gasteiger partial charge in [-0.25, -0.2) is 0 Å². The van der Waals surface area contributed by atoms with Crippen molar-refractivity contribution in [3.63, 3.8) is 0 Å². The van der Waals surface area contributed by atoms with Crippen LogP contribution in [-0.4, -0.2) is 6.54 Å². The number of rotatable bonds is 2. The van der Waals surface area contributed by atoms with Gasteiger partial charge in [0.15, 0.2) is 0 Å². The van der Waals surface area contributed by atoms with Crippen LogP contribution in [0, 0.1) is 16.7 Å². The maximum atomic E-state index is 3.51. The van der Waals surface area contributed by atoms with Crippen molar-refractivity contribution in [2.75, 3.05) is 6.54 Å². The van der Waals surface area contributed by atoms with E-state index in [1.165, 1.54) is 25.0 Å². The molecule has 1 N–H and O–H groups in total. The van der Waals surface area contributed by atoms with Gasteiger partial charge in [0.2, 0.25) is 0 Å². The summed E-state index contributed by atoms with van der Waals surface area (Å²) in [6, 6.07) is 0. The Bertz CT molecular complexity index is 352. The Balaban J connectivity index is 2.17. The predicted molar refractivity (Wildman–Crippen MR) is 74.7 cm³/mol.